The molecule has 1 N–H and O–H groups in total. The second-order valence-electron chi connectivity index (χ2n) is 6.69. The molecule has 0 atom stereocenters. The minimum Gasteiger partial charge on any atom is -0.484 e. The third-order valence-electron chi connectivity index (χ3n) is 4.65. The Morgan fingerprint density at radius 1 is 1.15 bits per heavy atom. The summed E-state index contributed by atoms with van der Waals surface area (Å²) in [7, 11) is 0. The number of piperidine rings is 1. The fourth-order valence-corrected chi connectivity index (χ4v) is 2.99. The molecule has 5 nitrogen and oxygen atoms in total. The van der Waals surface area contributed by atoms with Gasteiger partial charge in [-0.3, -0.25) is 4.79 Å². The van der Waals surface area contributed by atoms with Crippen LogP contribution in [0.3, 0.4) is 0 Å². The van der Waals surface area contributed by atoms with Gasteiger partial charge in [0, 0.05) is 24.5 Å². The largest absolute Gasteiger partial charge is 0.484 e. The summed E-state index contributed by atoms with van der Waals surface area (Å²) in [5.74, 6) is 1.16. The summed E-state index contributed by atoms with van der Waals surface area (Å²) in [5.41, 5.74) is 2.52. The van der Waals surface area contributed by atoms with Crippen molar-refractivity contribution in [2.45, 2.75) is 19.8 Å². The van der Waals surface area contributed by atoms with Gasteiger partial charge in [-0.05, 0) is 67.3 Å². The highest BCUT2D eigenvalue weighted by Crippen LogP contribution is 2.24. The second kappa shape index (κ2) is 8.39. The maximum Gasteiger partial charge on any atom is 0.262 e. The zero-order chi connectivity index (χ0) is 18.4. The van der Waals surface area contributed by atoms with Gasteiger partial charge in [0.05, 0.1) is 11.6 Å². The number of benzene rings is 2. The van der Waals surface area contributed by atoms with Gasteiger partial charge in [-0.25, -0.2) is 0 Å². The van der Waals surface area contributed by atoms with Crippen LogP contribution in [-0.4, -0.2) is 25.6 Å². The van der Waals surface area contributed by atoms with Crippen LogP contribution >= 0.6 is 0 Å². The minimum absolute atomic E-state index is 0.0718. The van der Waals surface area contributed by atoms with Crippen molar-refractivity contribution in [1.82, 2.24) is 0 Å². The number of rotatable bonds is 5. The molecule has 1 saturated heterocycles. The van der Waals surface area contributed by atoms with E-state index in [1.54, 1.807) is 24.3 Å². The Kier molecular flexibility index (Phi) is 5.75. The number of carbonyl (C=O) groups excluding carboxylic acids is 1. The van der Waals surface area contributed by atoms with Crippen LogP contribution in [0, 0.1) is 17.2 Å². The van der Waals surface area contributed by atoms with E-state index in [1.807, 2.05) is 30.3 Å². The van der Waals surface area contributed by atoms with E-state index in [-0.39, 0.29) is 12.5 Å². The van der Waals surface area contributed by atoms with E-state index in [1.165, 1.54) is 18.5 Å². The lowest BCUT2D eigenvalue weighted by atomic mass is 9.99. The lowest BCUT2D eigenvalue weighted by molar-refractivity contribution is -0.118. The number of hydrogen-bond acceptors (Lipinski definition) is 4. The highest BCUT2D eigenvalue weighted by Gasteiger charge is 2.15. The van der Waals surface area contributed by atoms with Crippen LogP contribution in [0.4, 0.5) is 11.4 Å². The maximum atomic E-state index is 12.0. The minimum atomic E-state index is -0.214. The van der Waals surface area contributed by atoms with Crippen molar-refractivity contribution in [3.63, 3.8) is 0 Å². The van der Waals surface area contributed by atoms with E-state index in [0.717, 1.165) is 24.7 Å². The topological polar surface area (TPSA) is 65.4 Å². The zero-order valence-electron chi connectivity index (χ0n) is 14.9. The van der Waals surface area contributed by atoms with Crippen LogP contribution in [0.15, 0.2) is 48.5 Å². The van der Waals surface area contributed by atoms with Gasteiger partial charge in [0.2, 0.25) is 0 Å². The van der Waals surface area contributed by atoms with Crippen molar-refractivity contribution in [3.05, 3.63) is 54.1 Å². The molecule has 2 aromatic carbocycles. The first-order valence-electron chi connectivity index (χ1n) is 8.92. The van der Waals surface area contributed by atoms with Crippen molar-refractivity contribution >= 4 is 17.3 Å². The summed E-state index contributed by atoms with van der Waals surface area (Å²) in [5, 5.41) is 11.6. The van der Waals surface area contributed by atoms with E-state index in [0.29, 0.717) is 11.3 Å². The highest BCUT2D eigenvalue weighted by atomic mass is 16.5. The number of carbonyl (C=O) groups is 1. The Balaban J connectivity index is 1.48. The van der Waals surface area contributed by atoms with Crippen molar-refractivity contribution in [2.75, 3.05) is 29.9 Å². The Labute approximate surface area is 154 Å². The molecule has 26 heavy (non-hydrogen) atoms. The number of amides is 1. The number of anilines is 2. The number of nitrogens with one attached hydrogen (secondary N) is 1. The quantitative estimate of drug-likeness (QED) is 0.891. The first kappa shape index (κ1) is 17.8. The second-order valence-corrected chi connectivity index (χ2v) is 6.69. The molecule has 0 unspecified atom stereocenters. The van der Waals surface area contributed by atoms with E-state index in [4.69, 9.17) is 10.00 Å². The SMILES string of the molecule is CC1CCN(c2ccc(NC(=O)COc3ccc(C#N)cc3)cc2)CC1. The summed E-state index contributed by atoms with van der Waals surface area (Å²) in [4.78, 5) is 14.4. The van der Waals surface area contributed by atoms with E-state index in [9.17, 15) is 4.79 Å². The zero-order valence-corrected chi connectivity index (χ0v) is 14.9. The summed E-state index contributed by atoms with van der Waals surface area (Å²) < 4.78 is 5.44. The summed E-state index contributed by atoms with van der Waals surface area (Å²) >= 11 is 0. The molecule has 2 aromatic rings. The van der Waals surface area contributed by atoms with Gasteiger partial charge in [0.25, 0.3) is 5.91 Å². The van der Waals surface area contributed by atoms with Crippen LogP contribution in [0.1, 0.15) is 25.3 Å². The molecule has 0 radical (unpaired) electrons. The van der Waals surface area contributed by atoms with Crippen molar-refractivity contribution in [1.29, 1.82) is 5.26 Å². The molecule has 3 rings (SSSR count). The third kappa shape index (κ3) is 4.76. The van der Waals surface area contributed by atoms with Crippen molar-refractivity contribution < 1.29 is 9.53 Å². The molecule has 1 fully saturated rings. The lowest BCUT2D eigenvalue weighted by Gasteiger charge is -2.32. The Bertz CT molecular complexity index is 770. The molecule has 0 spiro atoms. The molecule has 1 amide bonds. The molecular formula is C21H23N3O2. The number of nitriles is 1. The van der Waals surface area contributed by atoms with E-state index in [2.05, 4.69) is 17.1 Å². The molecule has 1 aliphatic heterocycles. The highest BCUT2D eigenvalue weighted by molar-refractivity contribution is 5.92. The van der Waals surface area contributed by atoms with Crippen molar-refractivity contribution in [2.24, 2.45) is 5.92 Å². The Hall–Kier alpha value is -3.00. The van der Waals surface area contributed by atoms with Gasteiger partial charge >= 0.3 is 0 Å². The molecule has 134 valence electrons. The molecular weight excluding hydrogens is 326 g/mol. The molecule has 1 heterocycles. The fraction of sp³-hybridized carbons (Fsp3) is 0.333. The smallest absolute Gasteiger partial charge is 0.262 e. The number of ether oxygens (including phenoxy) is 1. The predicted octanol–water partition coefficient (Wildman–Crippen LogP) is 3.81. The molecule has 1 aliphatic rings. The summed E-state index contributed by atoms with van der Waals surface area (Å²) in [6.07, 6.45) is 2.45. The van der Waals surface area contributed by atoms with Crippen LogP contribution in [0.2, 0.25) is 0 Å². The summed E-state index contributed by atoms with van der Waals surface area (Å²) in [6.45, 7) is 4.41. The van der Waals surface area contributed by atoms with Gasteiger partial charge in [0.15, 0.2) is 6.61 Å². The average Bonchev–Trinajstić information content (AvgIpc) is 2.68. The van der Waals surface area contributed by atoms with Crippen LogP contribution in [0.25, 0.3) is 0 Å². The first-order valence-corrected chi connectivity index (χ1v) is 8.92. The normalized spacial score (nSPS) is 14.5. The van der Waals surface area contributed by atoms with Crippen LogP contribution in [-0.2, 0) is 4.79 Å². The molecule has 0 aliphatic carbocycles. The van der Waals surface area contributed by atoms with Gasteiger partial charge in [-0.2, -0.15) is 5.26 Å². The molecule has 0 saturated carbocycles. The Morgan fingerprint density at radius 3 is 2.42 bits per heavy atom. The first-order chi connectivity index (χ1) is 12.6. The molecule has 5 heteroatoms. The van der Waals surface area contributed by atoms with E-state index < -0.39 is 0 Å². The van der Waals surface area contributed by atoms with Gasteiger partial charge in [-0.1, -0.05) is 6.92 Å². The molecule has 0 bridgehead atoms. The van der Waals surface area contributed by atoms with Gasteiger partial charge < -0.3 is 15.0 Å². The molecule has 0 aromatic heterocycles. The number of hydrogen-bond donors (Lipinski definition) is 1. The lowest BCUT2D eigenvalue weighted by Crippen LogP contribution is -2.32. The standard InChI is InChI=1S/C21H23N3O2/c1-16-10-12-24(13-11-16)19-6-4-18(5-7-19)23-21(25)15-26-20-8-2-17(14-22)3-9-20/h2-9,16H,10-13,15H2,1H3,(H,23,25). The average molecular weight is 349 g/mol. The van der Waals surface area contributed by atoms with Crippen LogP contribution < -0.4 is 15.0 Å². The predicted molar refractivity (Wildman–Crippen MR) is 102 cm³/mol. The van der Waals surface area contributed by atoms with Crippen molar-refractivity contribution in [3.8, 4) is 11.8 Å². The third-order valence-corrected chi connectivity index (χ3v) is 4.65. The summed E-state index contributed by atoms with van der Waals surface area (Å²) in [6, 6.07) is 16.7. The van der Waals surface area contributed by atoms with Gasteiger partial charge in [0.1, 0.15) is 5.75 Å². The monoisotopic (exact) mass is 349 g/mol. The maximum absolute atomic E-state index is 12.0. The fourth-order valence-electron chi connectivity index (χ4n) is 2.99. The van der Waals surface area contributed by atoms with E-state index >= 15 is 0 Å². The van der Waals surface area contributed by atoms with Crippen LogP contribution in [0.5, 0.6) is 5.75 Å². The Morgan fingerprint density at radius 2 is 1.81 bits per heavy atom. The number of nitrogens with zero attached hydrogens (tertiary/aromatic N) is 2. The van der Waals surface area contributed by atoms with Gasteiger partial charge in [-0.15, -0.1) is 0 Å².